The summed E-state index contributed by atoms with van der Waals surface area (Å²) >= 11 is 1.99. The van der Waals surface area contributed by atoms with E-state index in [1.165, 1.54) is 164 Å². The van der Waals surface area contributed by atoms with Gasteiger partial charge in [0.25, 0.3) is 0 Å². The zero-order valence-electron chi connectivity index (χ0n) is 77.0. The lowest BCUT2D eigenvalue weighted by atomic mass is 9.82. The maximum atomic E-state index is 5.42. The number of ether oxygens (including phenoxy) is 3. The van der Waals surface area contributed by atoms with Gasteiger partial charge >= 0.3 is 0 Å². The third kappa shape index (κ3) is 54.3. The average Bonchev–Trinajstić information content (AvgIpc) is 1.46. The zero-order chi connectivity index (χ0) is 83.7. The fourth-order valence-corrected chi connectivity index (χ4v) is 12.7. The molecule has 2 atom stereocenters. The van der Waals surface area contributed by atoms with Crippen molar-refractivity contribution in [3.05, 3.63) is 227 Å². The SMILES string of the molecule is C1CCC2CCCC2C1.CC.CC.CC.CC.CC.CC.CC.CC.CC.CC.CC.CC.CC.CC.CC.CC.c1cc2c(cn1)CCC2.c1ccc2c(c1)CCCC2.c1ccc2c(c1)CCCO2.c1ccc2c(c1)CCCS2.c1ccc2c(c1)OCO2.c1ccc2ccccc2c1.c1cnc2c(c1)CCC2. The van der Waals surface area contributed by atoms with E-state index in [4.69, 9.17) is 14.2 Å². The molecular formula is C102H176N2O3S. The van der Waals surface area contributed by atoms with Crippen LogP contribution in [0.4, 0.5) is 0 Å². The highest BCUT2D eigenvalue weighted by molar-refractivity contribution is 7.99. The molecule has 3 aliphatic heterocycles. The molecule has 2 fully saturated rings. The normalized spacial score (nSPS) is 13.6. The molecule has 2 aromatic heterocycles. The Labute approximate surface area is 679 Å². The minimum absolute atomic E-state index is 0.360. The number of fused-ring (bicyclic) bond motifs is 8. The second kappa shape index (κ2) is 96.7. The second-order valence-corrected chi connectivity index (χ2v) is 22.1. The number of hydrogen-bond donors (Lipinski definition) is 0. The summed E-state index contributed by atoms with van der Waals surface area (Å²) in [6.45, 7) is 65.2. The van der Waals surface area contributed by atoms with E-state index in [-0.39, 0.29) is 0 Å². The molecule has 2 unspecified atom stereocenters. The van der Waals surface area contributed by atoms with Crippen LogP contribution in [0.25, 0.3) is 10.8 Å². The summed E-state index contributed by atoms with van der Waals surface area (Å²) in [7, 11) is 0. The van der Waals surface area contributed by atoms with Crippen molar-refractivity contribution in [3.63, 3.8) is 0 Å². The lowest BCUT2D eigenvalue weighted by Crippen LogP contribution is -2.12. The molecule has 6 heteroatoms. The van der Waals surface area contributed by atoms with Gasteiger partial charge in [-0.25, -0.2) is 0 Å². The molecule has 16 rings (SSSR count). The van der Waals surface area contributed by atoms with Gasteiger partial charge in [0.05, 0.1) is 6.61 Å². The number of nitrogens with zero attached hydrogens (tertiary/aromatic N) is 2. The van der Waals surface area contributed by atoms with Crippen LogP contribution in [0.3, 0.4) is 0 Å². The Hall–Kier alpha value is -6.37. The number of pyridine rings is 2. The number of rotatable bonds is 0. The van der Waals surface area contributed by atoms with E-state index in [9.17, 15) is 0 Å². The van der Waals surface area contributed by atoms with E-state index in [1.54, 1.807) is 42.4 Å². The van der Waals surface area contributed by atoms with Crippen molar-refractivity contribution in [1.82, 2.24) is 9.97 Å². The van der Waals surface area contributed by atoms with Gasteiger partial charge in [-0.2, -0.15) is 0 Å². The summed E-state index contributed by atoms with van der Waals surface area (Å²) in [5.74, 6) is 6.40. The van der Waals surface area contributed by atoms with E-state index < -0.39 is 0 Å². The standard InChI is InChI=1S/C10H12.C10H8.C9H10O.C9H10S.C9H16.2C8H9N.C7H6O2.16C2H6/c2*1-2-6-10-8-4-3-7-9(10)5-1;2*1-2-6-9-8(4-1)5-3-7-10-9;1-2-5-9-7-3-6-8(9)4-1;1-3-7-4-2-6-9-8(7)5-1;1-2-7-4-5-9-6-8(7)3-1;1-2-4-7-6(3-1)8-5-9-7;16*1-2/h1-2,5-6H,3-4,7-8H2;1-8H;2*1-2,4,6H,3,5,7H2;8-9H,1-7H2;2,4,6H,1,3,5H2;4-6H,1-3H2;1-4H,5H2;16*1-2H3. The number of aromatic nitrogens is 2. The first-order valence-corrected chi connectivity index (χ1v) is 45.8. The van der Waals surface area contributed by atoms with E-state index in [0.717, 1.165) is 30.3 Å². The van der Waals surface area contributed by atoms with Gasteiger partial charge in [0.15, 0.2) is 11.5 Å². The Morgan fingerprint density at radius 3 is 1.07 bits per heavy atom. The summed E-state index contributed by atoms with van der Waals surface area (Å²) in [5, 5.41) is 2.62. The molecule has 2 saturated carbocycles. The van der Waals surface area contributed by atoms with Crippen LogP contribution in [-0.2, 0) is 51.4 Å². The van der Waals surface area contributed by atoms with Crippen molar-refractivity contribution in [1.29, 1.82) is 0 Å². The minimum Gasteiger partial charge on any atom is -0.493 e. The van der Waals surface area contributed by atoms with Crippen molar-refractivity contribution in [2.75, 3.05) is 19.2 Å². The maximum Gasteiger partial charge on any atom is 0.231 e. The molecule has 0 saturated heterocycles. The van der Waals surface area contributed by atoms with E-state index >= 15 is 0 Å². The Morgan fingerprint density at radius 1 is 0.269 bits per heavy atom. The third-order valence-corrected chi connectivity index (χ3v) is 17.0. The first-order chi connectivity index (χ1) is 53.7. The molecule has 8 aromatic rings. The van der Waals surface area contributed by atoms with Gasteiger partial charge in [0.2, 0.25) is 6.79 Å². The predicted molar refractivity (Wildman–Crippen MR) is 499 cm³/mol. The molecule has 5 nitrogen and oxygen atoms in total. The van der Waals surface area contributed by atoms with Gasteiger partial charge in [0, 0.05) is 29.2 Å². The first kappa shape index (κ1) is 117. The van der Waals surface area contributed by atoms with Gasteiger partial charge in [-0.3, -0.25) is 9.97 Å². The summed E-state index contributed by atoms with van der Waals surface area (Å²) in [4.78, 5) is 9.81. The van der Waals surface area contributed by atoms with Gasteiger partial charge in [-0.15, -0.1) is 11.8 Å². The highest BCUT2D eigenvalue weighted by atomic mass is 32.2. The van der Waals surface area contributed by atoms with E-state index in [2.05, 4.69) is 131 Å². The molecule has 6 aromatic carbocycles. The zero-order valence-corrected chi connectivity index (χ0v) is 77.8. The number of thioether (sulfide) groups is 1. The largest absolute Gasteiger partial charge is 0.493 e. The van der Waals surface area contributed by atoms with Gasteiger partial charge in [-0.1, -0.05) is 394 Å². The molecule has 8 aliphatic rings. The Kier molecular flexibility index (Phi) is 105. The van der Waals surface area contributed by atoms with Crippen LogP contribution in [0.5, 0.6) is 17.2 Å². The Bertz CT molecular complexity index is 2510. The molecule has 0 radical (unpaired) electrons. The molecule has 0 N–H and O–H groups in total. The quantitative estimate of drug-likeness (QED) is 0.151. The number of hydrogen-bond acceptors (Lipinski definition) is 6. The fraction of sp³-hybridized carbons (Fsp3) is 0.569. The van der Waals surface area contributed by atoms with Gasteiger partial charge < -0.3 is 14.2 Å². The molecule has 0 spiro atoms. The molecule has 0 amide bonds. The molecule has 5 aliphatic carbocycles. The lowest BCUT2D eigenvalue weighted by molar-refractivity contribution is 0.174. The minimum atomic E-state index is 0.360. The van der Waals surface area contributed by atoms with Crippen molar-refractivity contribution in [2.24, 2.45) is 11.8 Å². The van der Waals surface area contributed by atoms with Crippen LogP contribution >= 0.6 is 11.8 Å². The molecule has 108 heavy (non-hydrogen) atoms. The second-order valence-electron chi connectivity index (χ2n) is 21.0. The van der Waals surface area contributed by atoms with Crippen LogP contribution in [0.1, 0.15) is 350 Å². The summed E-state index contributed by atoms with van der Waals surface area (Å²) in [6.07, 6.45) is 34.5. The van der Waals surface area contributed by atoms with Crippen LogP contribution in [0.2, 0.25) is 0 Å². The molecule has 0 bridgehead atoms. The van der Waals surface area contributed by atoms with Crippen molar-refractivity contribution in [2.45, 2.75) is 361 Å². The maximum absolute atomic E-state index is 5.42. The van der Waals surface area contributed by atoms with Crippen molar-refractivity contribution in [3.8, 4) is 17.2 Å². The van der Waals surface area contributed by atoms with E-state index in [0.29, 0.717) is 6.79 Å². The van der Waals surface area contributed by atoms with Crippen LogP contribution in [0.15, 0.2) is 187 Å². The van der Waals surface area contributed by atoms with E-state index in [1.807, 2.05) is 294 Å². The first-order valence-electron chi connectivity index (χ1n) is 44.8. The summed E-state index contributed by atoms with van der Waals surface area (Å²) in [6, 6.07) is 56.4. The fourth-order valence-electron chi connectivity index (χ4n) is 11.7. The highest BCUT2D eigenvalue weighted by Gasteiger charge is 2.29. The summed E-state index contributed by atoms with van der Waals surface area (Å²) in [5.41, 5.74) is 11.8. The highest BCUT2D eigenvalue weighted by Crippen LogP contribution is 2.42. The molecule has 618 valence electrons. The number of aryl methyl sites for hydroxylation is 8. The number of benzene rings is 6. The topological polar surface area (TPSA) is 53.5 Å². The van der Waals surface area contributed by atoms with Gasteiger partial charge in [0.1, 0.15) is 5.75 Å². The lowest BCUT2D eigenvalue weighted by Gasteiger charge is -2.24. The Balaban J connectivity index is -0.000000167. The smallest absolute Gasteiger partial charge is 0.231 e. The number of para-hydroxylation sites is 3. The van der Waals surface area contributed by atoms with Crippen molar-refractivity contribution < 1.29 is 14.2 Å². The third-order valence-electron chi connectivity index (χ3n) is 15.8. The summed E-state index contributed by atoms with van der Waals surface area (Å²) < 4.78 is 15.6. The van der Waals surface area contributed by atoms with Crippen LogP contribution < -0.4 is 14.2 Å². The predicted octanol–water partition coefficient (Wildman–Crippen LogP) is 34.1. The Morgan fingerprint density at radius 2 is 0.620 bits per heavy atom. The van der Waals surface area contributed by atoms with Gasteiger partial charge in [-0.05, 0) is 194 Å². The molecule has 5 heterocycles. The average molecular weight is 1510 g/mol. The van der Waals surface area contributed by atoms with Crippen molar-refractivity contribution >= 4 is 22.5 Å². The van der Waals surface area contributed by atoms with Crippen LogP contribution in [-0.4, -0.2) is 29.1 Å². The molecular weight excluding hydrogens is 1330 g/mol. The monoisotopic (exact) mass is 1510 g/mol. The van der Waals surface area contributed by atoms with Crippen LogP contribution in [0, 0.1) is 11.8 Å².